The van der Waals surface area contributed by atoms with E-state index in [4.69, 9.17) is 0 Å². The summed E-state index contributed by atoms with van der Waals surface area (Å²) in [4.78, 5) is 18.2. The second kappa shape index (κ2) is 6.16. The number of aromatic amines is 1. The number of anilines is 1. The van der Waals surface area contributed by atoms with Gasteiger partial charge in [0.05, 0.1) is 0 Å². The number of aromatic nitrogens is 1. The minimum absolute atomic E-state index is 0.0196. The molecule has 122 valence electrons. The predicted molar refractivity (Wildman–Crippen MR) is 101 cm³/mol. The monoisotopic (exact) mass is 318 g/mol. The first-order valence-corrected chi connectivity index (χ1v) is 8.71. The van der Waals surface area contributed by atoms with E-state index in [9.17, 15) is 4.79 Å². The Kier molecular flexibility index (Phi) is 3.85. The number of pyridine rings is 1. The quantitative estimate of drug-likeness (QED) is 0.755. The van der Waals surface area contributed by atoms with Crippen LogP contribution in [-0.4, -0.2) is 18.1 Å². The molecule has 0 saturated carbocycles. The molecular formula is C21H22N2O. The molecule has 1 fully saturated rings. The lowest BCUT2D eigenvalue weighted by atomic mass is 9.97. The van der Waals surface area contributed by atoms with E-state index in [1.165, 1.54) is 12.0 Å². The summed E-state index contributed by atoms with van der Waals surface area (Å²) in [5, 5.41) is 1.11. The zero-order chi connectivity index (χ0) is 16.5. The van der Waals surface area contributed by atoms with E-state index in [1.807, 2.05) is 18.2 Å². The van der Waals surface area contributed by atoms with E-state index in [2.05, 4.69) is 47.1 Å². The van der Waals surface area contributed by atoms with E-state index in [1.54, 1.807) is 0 Å². The van der Waals surface area contributed by atoms with Gasteiger partial charge in [0.1, 0.15) is 5.69 Å². The molecule has 3 nitrogen and oxygen atoms in total. The third-order valence-electron chi connectivity index (χ3n) is 4.91. The van der Waals surface area contributed by atoms with Crippen molar-refractivity contribution in [2.75, 3.05) is 18.0 Å². The molecule has 0 radical (unpaired) electrons. The Balaban J connectivity index is 2.02. The van der Waals surface area contributed by atoms with Gasteiger partial charge in [-0.25, -0.2) is 0 Å². The van der Waals surface area contributed by atoms with Crippen LogP contribution in [-0.2, 0) is 0 Å². The van der Waals surface area contributed by atoms with Crippen molar-refractivity contribution in [3.05, 3.63) is 64.4 Å². The maximum absolute atomic E-state index is 12.9. The maximum Gasteiger partial charge on any atom is 0.272 e. The largest absolute Gasteiger partial charge is 0.367 e. The minimum atomic E-state index is 0.0196. The lowest BCUT2D eigenvalue weighted by molar-refractivity contribution is 0.577. The molecule has 0 amide bonds. The van der Waals surface area contributed by atoms with Gasteiger partial charge in [0.25, 0.3) is 5.56 Å². The normalized spacial score (nSPS) is 15.0. The molecule has 3 aromatic rings. The highest BCUT2D eigenvalue weighted by Crippen LogP contribution is 2.35. The first-order chi connectivity index (χ1) is 11.7. The molecule has 0 unspecified atom stereocenters. The second-order valence-corrected chi connectivity index (χ2v) is 6.64. The van der Waals surface area contributed by atoms with E-state index in [0.29, 0.717) is 0 Å². The molecule has 0 aliphatic carbocycles. The summed E-state index contributed by atoms with van der Waals surface area (Å²) in [5.74, 6) is 0. The van der Waals surface area contributed by atoms with Crippen molar-refractivity contribution >= 4 is 16.6 Å². The van der Waals surface area contributed by atoms with Crippen LogP contribution in [0.4, 0.5) is 5.69 Å². The molecule has 1 aliphatic rings. The van der Waals surface area contributed by atoms with E-state index < -0.39 is 0 Å². The summed E-state index contributed by atoms with van der Waals surface area (Å²) in [6.07, 6.45) is 3.56. The summed E-state index contributed by atoms with van der Waals surface area (Å²) in [7, 11) is 0. The van der Waals surface area contributed by atoms with Crippen LogP contribution in [0.15, 0.2) is 53.3 Å². The Morgan fingerprint density at radius 2 is 1.62 bits per heavy atom. The Labute approximate surface area is 141 Å². The van der Waals surface area contributed by atoms with Gasteiger partial charge in [0.15, 0.2) is 0 Å². The third kappa shape index (κ3) is 2.60. The fourth-order valence-electron chi connectivity index (χ4n) is 3.66. The molecule has 24 heavy (non-hydrogen) atoms. The summed E-state index contributed by atoms with van der Waals surface area (Å²) in [6, 6.07) is 16.6. The topological polar surface area (TPSA) is 36.1 Å². The fraction of sp³-hybridized carbons (Fsp3) is 0.286. The minimum Gasteiger partial charge on any atom is -0.367 e. The number of benzene rings is 2. The van der Waals surface area contributed by atoms with Crippen LogP contribution >= 0.6 is 0 Å². The number of hydrogen-bond acceptors (Lipinski definition) is 2. The molecule has 1 saturated heterocycles. The van der Waals surface area contributed by atoms with Crippen LogP contribution in [0, 0.1) is 6.92 Å². The number of hydrogen-bond donors (Lipinski definition) is 1. The molecule has 1 N–H and O–H groups in total. The number of piperidine rings is 1. The molecule has 1 aliphatic heterocycles. The number of H-pyrrole nitrogens is 1. The fourth-order valence-corrected chi connectivity index (χ4v) is 3.66. The molecule has 0 bridgehead atoms. The van der Waals surface area contributed by atoms with Crippen molar-refractivity contribution in [2.45, 2.75) is 26.2 Å². The van der Waals surface area contributed by atoms with Crippen molar-refractivity contribution in [2.24, 2.45) is 0 Å². The number of para-hydroxylation sites is 1. The number of fused-ring (bicyclic) bond motifs is 1. The Hall–Kier alpha value is -2.55. The Morgan fingerprint density at radius 3 is 2.38 bits per heavy atom. The van der Waals surface area contributed by atoms with Crippen LogP contribution in [0.25, 0.3) is 22.0 Å². The number of aryl methyl sites for hydroxylation is 1. The van der Waals surface area contributed by atoms with Gasteiger partial charge in [-0.05, 0) is 37.8 Å². The van der Waals surface area contributed by atoms with Gasteiger partial charge in [-0.1, -0.05) is 48.0 Å². The summed E-state index contributed by atoms with van der Waals surface area (Å²) < 4.78 is 0. The standard InChI is InChI=1S/C21H22N2O/c1-15-9-11-16(12-10-15)19-17-7-3-4-8-18(17)22-21(24)20(19)23-13-5-2-6-14-23/h3-4,7-12H,2,5-6,13-14H2,1H3,(H,22,24). The zero-order valence-corrected chi connectivity index (χ0v) is 14.0. The van der Waals surface area contributed by atoms with Gasteiger partial charge < -0.3 is 9.88 Å². The van der Waals surface area contributed by atoms with Crippen molar-refractivity contribution < 1.29 is 0 Å². The van der Waals surface area contributed by atoms with Gasteiger partial charge in [0.2, 0.25) is 0 Å². The van der Waals surface area contributed by atoms with Crippen molar-refractivity contribution in [3.8, 4) is 11.1 Å². The Bertz CT molecular complexity index is 919. The van der Waals surface area contributed by atoms with E-state index in [-0.39, 0.29) is 5.56 Å². The first kappa shape index (κ1) is 15.0. The van der Waals surface area contributed by atoms with Crippen LogP contribution in [0.3, 0.4) is 0 Å². The molecule has 1 aromatic heterocycles. The molecule has 0 atom stereocenters. The summed E-state index contributed by atoms with van der Waals surface area (Å²) in [6.45, 7) is 4.01. The molecule has 4 rings (SSSR count). The second-order valence-electron chi connectivity index (χ2n) is 6.64. The zero-order valence-electron chi connectivity index (χ0n) is 14.0. The van der Waals surface area contributed by atoms with Gasteiger partial charge >= 0.3 is 0 Å². The van der Waals surface area contributed by atoms with E-state index in [0.717, 1.165) is 53.6 Å². The van der Waals surface area contributed by atoms with Crippen molar-refractivity contribution in [1.29, 1.82) is 0 Å². The third-order valence-corrected chi connectivity index (χ3v) is 4.91. The molecule has 3 heteroatoms. The smallest absolute Gasteiger partial charge is 0.272 e. The van der Waals surface area contributed by atoms with Crippen LogP contribution in [0.2, 0.25) is 0 Å². The summed E-state index contributed by atoms with van der Waals surface area (Å²) >= 11 is 0. The van der Waals surface area contributed by atoms with Gasteiger partial charge in [-0.15, -0.1) is 0 Å². The number of rotatable bonds is 2. The van der Waals surface area contributed by atoms with Crippen molar-refractivity contribution in [1.82, 2.24) is 4.98 Å². The molecule has 0 spiro atoms. The highest BCUT2D eigenvalue weighted by atomic mass is 16.1. The van der Waals surface area contributed by atoms with Crippen molar-refractivity contribution in [3.63, 3.8) is 0 Å². The average molecular weight is 318 g/mol. The molecule has 2 aromatic carbocycles. The lowest BCUT2D eigenvalue weighted by Crippen LogP contribution is -2.34. The van der Waals surface area contributed by atoms with Crippen LogP contribution in [0.5, 0.6) is 0 Å². The highest BCUT2D eigenvalue weighted by Gasteiger charge is 2.21. The summed E-state index contributed by atoms with van der Waals surface area (Å²) in [5.41, 5.74) is 5.16. The number of nitrogens with one attached hydrogen (secondary N) is 1. The average Bonchev–Trinajstić information content (AvgIpc) is 2.62. The highest BCUT2D eigenvalue weighted by molar-refractivity contribution is 6.00. The van der Waals surface area contributed by atoms with E-state index >= 15 is 0 Å². The Morgan fingerprint density at radius 1 is 0.917 bits per heavy atom. The first-order valence-electron chi connectivity index (χ1n) is 8.71. The van der Waals surface area contributed by atoms with Crippen LogP contribution in [0.1, 0.15) is 24.8 Å². The SMILES string of the molecule is Cc1ccc(-c2c(N3CCCCC3)c(=O)[nH]c3ccccc23)cc1. The van der Waals surface area contributed by atoms with Crippen LogP contribution < -0.4 is 10.5 Å². The molecule has 2 heterocycles. The van der Waals surface area contributed by atoms with Gasteiger partial charge in [-0.3, -0.25) is 4.79 Å². The predicted octanol–water partition coefficient (Wildman–Crippen LogP) is 4.49. The van der Waals surface area contributed by atoms with Gasteiger partial charge in [-0.2, -0.15) is 0 Å². The maximum atomic E-state index is 12.9. The van der Waals surface area contributed by atoms with Gasteiger partial charge in [0, 0.05) is 29.6 Å². The number of nitrogens with zero attached hydrogens (tertiary/aromatic N) is 1. The molecular weight excluding hydrogens is 296 g/mol. The lowest BCUT2D eigenvalue weighted by Gasteiger charge is -2.30.